The molecule has 2 aliphatic heterocycles. The first kappa shape index (κ1) is 45.0. The lowest BCUT2D eigenvalue weighted by Gasteiger charge is -2.47. The minimum Gasteiger partial charge on any atom is -0.389 e. The molecular formula is C48H61O10P. The minimum absolute atomic E-state index is 0.0230. The minimum atomic E-state index is -4.46. The first-order valence-electron chi connectivity index (χ1n) is 21.4. The number of phosphoric ester groups is 1. The molecule has 2 heterocycles. The summed E-state index contributed by atoms with van der Waals surface area (Å²) in [7, 11) is -4.46. The topological polar surface area (TPSA) is 119 Å². The molecule has 10 nitrogen and oxygen atoms in total. The summed E-state index contributed by atoms with van der Waals surface area (Å²) < 4.78 is 58.0. The fourth-order valence-corrected chi connectivity index (χ4v) is 8.81. The van der Waals surface area contributed by atoms with Crippen LogP contribution in [0.25, 0.3) is 0 Å². The van der Waals surface area contributed by atoms with Crippen molar-refractivity contribution in [2.24, 2.45) is 5.92 Å². The van der Waals surface area contributed by atoms with Gasteiger partial charge in [-0.05, 0) is 23.1 Å². The monoisotopic (exact) mass is 828 g/mol. The highest BCUT2D eigenvalue weighted by Gasteiger charge is 2.54. The first-order valence-corrected chi connectivity index (χ1v) is 22.9. The summed E-state index contributed by atoms with van der Waals surface area (Å²) in [6.45, 7) is 2.41. The van der Waals surface area contributed by atoms with Crippen LogP contribution in [0.1, 0.15) is 106 Å². The van der Waals surface area contributed by atoms with E-state index in [2.05, 4.69) is 6.92 Å². The molecule has 2 aliphatic rings. The molecule has 6 rings (SSSR count). The van der Waals surface area contributed by atoms with E-state index < -0.39 is 50.7 Å². The molecule has 1 unspecified atom stereocenters. The van der Waals surface area contributed by atoms with Crippen LogP contribution in [0.3, 0.4) is 0 Å². The number of ether oxygens (including phenoxy) is 4. The highest BCUT2D eigenvalue weighted by molar-refractivity contribution is 7.48. The van der Waals surface area contributed by atoms with Gasteiger partial charge in [-0.25, -0.2) is 4.57 Å². The Morgan fingerprint density at radius 2 is 1.20 bits per heavy atom. The predicted octanol–water partition coefficient (Wildman–Crippen LogP) is 10.8. The number of hydrogen-bond acceptors (Lipinski definition) is 10. The number of carbonyl (C=O) groups excluding carboxylic acids is 1. The fraction of sp³-hybridized carbons (Fsp3) is 0.479. The maximum atomic E-state index is 14.7. The highest BCUT2D eigenvalue weighted by Crippen LogP contribution is 2.54. The van der Waals surface area contributed by atoms with Gasteiger partial charge in [0, 0.05) is 12.0 Å². The van der Waals surface area contributed by atoms with Gasteiger partial charge in [0.1, 0.15) is 18.0 Å². The molecule has 1 N–H and O–H groups in total. The van der Waals surface area contributed by atoms with Crippen molar-refractivity contribution < 1.29 is 47.0 Å². The Kier molecular flexibility index (Phi) is 18.3. The number of aliphatic hydroxyl groups is 1. The summed E-state index contributed by atoms with van der Waals surface area (Å²) in [5.74, 6) is -1.68. The zero-order chi connectivity index (χ0) is 41.1. The molecule has 0 bridgehead atoms. The van der Waals surface area contributed by atoms with Crippen molar-refractivity contribution in [3.05, 3.63) is 144 Å². The van der Waals surface area contributed by atoms with Crippen LogP contribution in [-0.4, -0.2) is 48.2 Å². The molecule has 0 saturated carbocycles. The quantitative estimate of drug-likeness (QED) is 0.0511. The molecule has 2 fully saturated rings. The summed E-state index contributed by atoms with van der Waals surface area (Å²) in [6, 6.07) is 37.8. The fourth-order valence-electron chi connectivity index (χ4n) is 7.56. The third kappa shape index (κ3) is 14.3. The van der Waals surface area contributed by atoms with Gasteiger partial charge in [-0.2, -0.15) is 0 Å². The lowest BCUT2D eigenvalue weighted by Crippen LogP contribution is -2.61. The number of Topliss-reactive ketones (excluding diaryl/α,β-unsaturated/α-hetero) is 1. The number of benzene rings is 4. The molecule has 11 heteroatoms. The molecule has 2 saturated heterocycles. The van der Waals surface area contributed by atoms with E-state index in [1.54, 1.807) is 0 Å². The van der Waals surface area contributed by atoms with Gasteiger partial charge in [-0.15, -0.1) is 0 Å². The second kappa shape index (κ2) is 24.0. The SMILES string of the molecule is CCCCCCCCCCC[C@@H](CC(=O)[C@H]1[C@@H](OP(=O)(OCc2ccccc2)OCc2ccccc2)O[C@@H]2COC(c3ccccc3)O[C@H]2[C@@H]1O)OCc1ccccc1. The van der Waals surface area contributed by atoms with Crippen LogP contribution in [0, 0.1) is 5.92 Å². The van der Waals surface area contributed by atoms with Gasteiger partial charge < -0.3 is 24.1 Å². The van der Waals surface area contributed by atoms with Gasteiger partial charge in [0.15, 0.2) is 12.6 Å². The number of unbranched alkanes of at least 4 members (excludes halogenated alkanes) is 8. The van der Waals surface area contributed by atoms with Gasteiger partial charge in [0.25, 0.3) is 0 Å². The van der Waals surface area contributed by atoms with Crippen LogP contribution in [-0.2, 0) is 61.7 Å². The van der Waals surface area contributed by atoms with Gasteiger partial charge in [-0.3, -0.25) is 18.4 Å². The van der Waals surface area contributed by atoms with Gasteiger partial charge in [0.05, 0.1) is 44.6 Å². The first-order chi connectivity index (χ1) is 28.9. The largest absolute Gasteiger partial charge is 0.477 e. The van der Waals surface area contributed by atoms with Crippen LogP contribution in [0.4, 0.5) is 0 Å². The molecule has 0 aliphatic carbocycles. The second-order valence-electron chi connectivity index (χ2n) is 15.5. The zero-order valence-corrected chi connectivity index (χ0v) is 35.2. The maximum absolute atomic E-state index is 14.7. The molecule has 0 spiro atoms. The number of rotatable bonds is 25. The predicted molar refractivity (Wildman–Crippen MR) is 226 cm³/mol. The lowest BCUT2D eigenvalue weighted by atomic mass is 9.84. The molecule has 4 aromatic rings. The van der Waals surface area contributed by atoms with Gasteiger partial charge in [-0.1, -0.05) is 186 Å². The van der Waals surface area contributed by atoms with E-state index in [-0.39, 0.29) is 32.0 Å². The Morgan fingerprint density at radius 1 is 0.695 bits per heavy atom. The van der Waals surface area contributed by atoms with E-state index in [4.69, 9.17) is 32.5 Å². The summed E-state index contributed by atoms with van der Waals surface area (Å²) in [6.07, 6.45) is 5.27. The van der Waals surface area contributed by atoms with Crippen molar-refractivity contribution in [3.8, 4) is 0 Å². The van der Waals surface area contributed by atoms with Crippen molar-refractivity contribution >= 4 is 13.6 Å². The number of ketones is 1. The average Bonchev–Trinajstić information content (AvgIpc) is 3.27. The molecule has 4 aromatic carbocycles. The lowest BCUT2D eigenvalue weighted by molar-refractivity contribution is -0.340. The number of carbonyl (C=O) groups is 1. The van der Waals surface area contributed by atoms with E-state index in [1.165, 1.54) is 38.5 Å². The zero-order valence-electron chi connectivity index (χ0n) is 34.3. The Hall–Kier alpha value is -3.54. The van der Waals surface area contributed by atoms with E-state index >= 15 is 0 Å². The van der Waals surface area contributed by atoms with Crippen molar-refractivity contribution in [1.29, 1.82) is 0 Å². The van der Waals surface area contributed by atoms with Crippen molar-refractivity contribution in [1.82, 2.24) is 0 Å². The third-order valence-electron chi connectivity index (χ3n) is 10.9. The highest BCUT2D eigenvalue weighted by atomic mass is 31.2. The van der Waals surface area contributed by atoms with Crippen molar-refractivity contribution in [2.75, 3.05) is 6.61 Å². The van der Waals surface area contributed by atoms with E-state index in [0.29, 0.717) is 13.0 Å². The number of aliphatic hydroxyl groups excluding tert-OH is 1. The maximum Gasteiger partial charge on any atom is 0.477 e. The molecule has 0 aromatic heterocycles. The Bertz CT molecular complexity index is 1770. The van der Waals surface area contributed by atoms with Crippen LogP contribution in [0.15, 0.2) is 121 Å². The van der Waals surface area contributed by atoms with E-state index in [0.717, 1.165) is 41.5 Å². The van der Waals surface area contributed by atoms with Crippen LogP contribution >= 0.6 is 7.82 Å². The summed E-state index contributed by atoms with van der Waals surface area (Å²) in [4.78, 5) is 14.7. The Balaban J connectivity index is 1.21. The summed E-state index contributed by atoms with van der Waals surface area (Å²) >= 11 is 0. The number of phosphoric acid groups is 1. The second-order valence-corrected chi connectivity index (χ2v) is 17.1. The summed E-state index contributed by atoms with van der Waals surface area (Å²) in [5, 5.41) is 12.2. The Labute approximate surface area is 350 Å². The van der Waals surface area contributed by atoms with Crippen molar-refractivity contribution in [2.45, 2.75) is 134 Å². The standard InChI is InChI=1S/C48H61O10P/c1-2-3-4-5-6-7-8-9-22-31-41(52-33-37-23-14-10-15-24-37)32-42(49)44-45(50)46-43(36-53-47(57-46)40-29-20-13-21-30-40)56-48(44)58-59(51,54-34-38-25-16-11-17-26-38)55-35-39-27-18-12-19-28-39/h10-21,23-30,41,43-48,50H,2-9,22,31-36H2,1H3/t41-,43+,44+,45+,46+,47?,48+/m0/s1. The van der Waals surface area contributed by atoms with E-state index in [1.807, 2.05) is 121 Å². The Morgan fingerprint density at radius 3 is 1.76 bits per heavy atom. The average molecular weight is 829 g/mol. The van der Waals surface area contributed by atoms with Gasteiger partial charge >= 0.3 is 7.82 Å². The smallest absolute Gasteiger partial charge is 0.389 e. The molecule has 0 amide bonds. The number of fused-ring (bicyclic) bond motifs is 1. The molecule has 0 radical (unpaired) electrons. The van der Waals surface area contributed by atoms with Gasteiger partial charge in [0.2, 0.25) is 0 Å². The van der Waals surface area contributed by atoms with Crippen LogP contribution in [0.2, 0.25) is 0 Å². The van der Waals surface area contributed by atoms with Crippen LogP contribution in [0.5, 0.6) is 0 Å². The molecule has 59 heavy (non-hydrogen) atoms. The summed E-state index contributed by atoms with van der Waals surface area (Å²) in [5.41, 5.74) is 3.25. The normalized spacial score (nSPS) is 22.4. The van der Waals surface area contributed by atoms with Crippen LogP contribution < -0.4 is 0 Å². The van der Waals surface area contributed by atoms with E-state index in [9.17, 15) is 14.5 Å². The molecule has 7 atom stereocenters. The molecule has 318 valence electrons. The third-order valence-corrected chi connectivity index (χ3v) is 12.3. The van der Waals surface area contributed by atoms with Crippen molar-refractivity contribution in [3.63, 3.8) is 0 Å². The number of hydrogen-bond donors (Lipinski definition) is 1. The molecular weight excluding hydrogens is 767 g/mol.